The molecule has 1 amide bonds. The lowest BCUT2D eigenvalue weighted by atomic mass is 10.2. The van der Waals surface area contributed by atoms with Gasteiger partial charge < -0.3 is 15.0 Å². The van der Waals surface area contributed by atoms with Crippen LogP contribution in [-0.4, -0.2) is 18.0 Å². The van der Waals surface area contributed by atoms with E-state index < -0.39 is 11.7 Å². The number of H-pyrrole nitrogens is 1. The van der Waals surface area contributed by atoms with Crippen LogP contribution in [0.2, 0.25) is 0 Å². The monoisotopic (exact) mass is 284 g/mol. The Bertz CT molecular complexity index is 811. The van der Waals surface area contributed by atoms with Crippen molar-refractivity contribution in [2.75, 3.05) is 12.4 Å². The van der Waals surface area contributed by atoms with Crippen molar-refractivity contribution in [2.45, 2.75) is 0 Å². The number of para-hydroxylation sites is 1. The van der Waals surface area contributed by atoms with E-state index in [0.29, 0.717) is 11.4 Å². The highest BCUT2D eigenvalue weighted by Crippen LogP contribution is 2.22. The van der Waals surface area contributed by atoms with Gasteiger partial charge in [0.05, 0.1) is 12.8 Å². The predicted octanol–water partition coefficient (Wildman–Crippen LogP) is 3.57. The van der Waals surface area contributed by atoms with Crippen molar-refractivity contribution < 1.29 is 13.9 Å². The molecule has 0 radical (unpaired) electrons. The zero-order valence-corrected chi connectivity index (χ0v) is 11.3. The number of hydrogen-bond donors (Lipinski definition) is 2. The summed E-state index contributed by atoms with van der Waals surface area (Å²) in [7, 11) is 1.58. The number of nitrogens with one attached hydrogen (secondary N) is 2. The van der Waals surface area contributed by atoms with Crippen LogP contribution in [0.4, 0.5) is 10.1 Å². The average Bonchev–Trinajstić information content (AvgIpc) is 2.92. The summed E-state index contributed by atoms with van der Waals surface area (Å²) >= 11 is 0. The summed E-state index contributed by atoms with van der Waals surface area (Å²) in [6, 6.07) is 13.2. The third-order valence-electron chi connectivity index (χ3n) is 3.20. The molecule has 0 saturated carbocycles. The van der Waals surface area contributed by atoms with Gasteiger partial charge in [0.15, 0.2) is 0 Å². The quantitative estimate of drug-likeness (QED) is 0.772. The van der Waals surface area contributed by atoms with Gasteiger partial charge in [-0.2, -0.15) is 0 Å². The number of amides is 1. The van der Waals surface area contributed by atoms with E-state index in [4.69, 9.17) is 4.74 Å². The first-order valence-corrected chi connectivity index (χ1v) is 6.40. The first-order chi connectivity index (χ1) is 10.2. The molecule has 0 unspecified atom stereocenters. The molecule has 0 atom stereocenters. The van der Waals surface area contributed by atoms with Crippen LogP contribution in [0.1, 0.15) is 10.5 Å². The number of anilines is 1. The first kappa shape index (κ1) is 13.2. The van der Waals surface area contributed by atoms with Crippen molar-refractivity contribution in [3.63, 3.8) is 0 Å². The Morgan fingerprint density at radius 2 is 2.00 bits per heavy atom. The Hall–Kier alpha value is -2.82. The summed E-state index contributed by atoms with van der Waals surface area (Å²) in [5.74, 6) is -0.163. The van der Waals surface area contributed by atoms with E-state index in [9.17, 15) is 9.18 Å². The highest BCUT2D eigenvalue weighted by molar-refractivity contribution is 6.06. The van der Waals surface area contributed by atoms with E-state index in [2.05, 4.69) is 10.3 Å². The van der Waals surface area contributed by atoms with Crippen molar-refractivity contribution in [1.82, 2.24) is 4.98 Å². The fourth-order valence-corrected chi connectivity index (χ4v) is 2.11. The molecule has 2 aromatic carbocycles. The number of hydrogen-bond acceptors (Lipinski definition) is 2. The predicted molar refractivity (Wildman–Crippen MR) is 79.2 cm³/mol. The SMILES string of the molecule is COc1ccc2cc(C(=O)Nc3ccccc3F)[nH]c2c1. The van der Waals surface area contributed by atoms with Gasteiger partial charge in [-0.1, -0.05) is 12.1 Å². The van der Waals surface area contributed by atoms with Crippen LogP contribution in [-0.2, 0) is 0 Å². The molecule has 4 nitrogen and oxygen atoms in total. The second kappa shape index (κ2) is 5.28. The third kappa shape index (κ3) is 2.58. The number of methoxy groups -OCH3 is 1. The summed E-state index contributed by atoms with van der Waals surface area (Å²) in [6.07, 6.45) is 0. The molecule has 1 aromatic heterocycles. The zero-order chi connectivity index (χ0) is 14.8. The number of aromatic nitrogens is 1. The van der Waals surface area contributed by atoms with E-state index in [1.54, 1.807) is 31.4 Å². The summed E-state index contributed by atoms with van der Waals surface area (Å²) in [5, 5.41) is 3.42. The van der Waals surface area contributed by atoms with Gasteiger partial charge in [0.1, 0.15) is 17.3 Å². The van der Waals surface area contributed by atoms with Gasteiger partial charge in [0.2, 0.25) is 0 Å². The molecule has 0 aliphatic heterocycles. The van der Waals surface area contributed by atoms with E-state index in [-0.39, 0.29) is 5.69 Å². The molecule has 0 aliphatic carbocycles. The van der Waals surface area contributed by atoms with Gasteiger partial charge in [0, 0.05) is 17.0 Å². The van der Waals surface area contributed by atoms with Gasteiger partial charge in [-0.15, -0.1) is 0 Å². The van der Waals surface area contributed by atoms with Gasteiger partial charge >= 0.3 is 0 Å². The smallest absolute Gasteiger partial charge is 0.272 e. The molecule has 3 rings (SSSR count). The topological polar surface area (TPSA) is 54.1 Å². The zero-order valence-electron chi connectivity index (χ0n) is 11.3. The number of rotatable bonds is 3. The summed E-state index contributed by atoms with van der Waals surface area (Å²) < 4.78 is 18.7. The molecule has 0 spiro atoms. The molecule has 3 aromatic rings. The highest BCUT2D eigenvalue weighted by atomic mass is 19.1. The number of benzene rings is 2. The van der Waals surface area contributed by atoms with Crippen molar-refractivity contribution in [3.05, 3.63) is 60.0 Å². The number of carbonyl (C=O) groups excluding carboxylic acids is 1. The van der Waals surface area contributed by atoms with Crippen LogP contribution in [0.3, 0.4) is 0 Å². The highest BCUT2D eigenvalue weighted by Gasteiger charge is 2.12. The molecule has 0 saturated heterocycles. The minimum absolute atomic E-state index is 0.152. The van der Waals surface area contributed by atoms with Gasteiger partial charge in [-0.3, -0.25) is 4.79 Å². The Balaban J connectivity index is 1.89. The van der Waals surface area contributed by atoms with Crippen molar-refractivity contribution in [2.24, 2.45) is 0 Å². The van der Waals surface area contributed by atoms with E-state index >= 15 is 0 Å². The number of ether oxygens (including phenoxy) is 1. The molecule has 21 heavy (non-hydrogen) atoms. The van der Waals surface area contributed by atoms with Crippen molar-refractivity contribution in [1.29, 1.82) is 0 Å². The van der Waals surface area contributed by atoms with Crippen LogP contribution in [0.5, 0.6) is 5.75 Å². The normalized spacial score (nSPS) is 10.6. The summed E-state index contributed by atoms with van der Waals surface area (Å²) in [4.78, 5) is 15.1. The van der Waals surface area contributed by atoms with Crippen LogP contribution >= 0.6 is 0 Å². The molecule has 2 N–H and O–H groups in total. The minimum atomic E-state index is -0.469. The average molecular weight is 284 g/mol. The maximum Gasteiger partial charge on any atom is 0.272 e. The number of aromatic amines is 1. The third-order valence-corrected chi connectivity index (χ3v) is 3.20. The molecule has 0 aliphatic rings. The first-order valence-electron chi connectivity index (χ1n) is 6.40. The van der Waals surface area contributed by atoms with E-state index in [1.165, 1.54) is 12.1 Å². The van der Waals surface area contributed by atoms with Crippen LogP contribution in [0, 0.1) is 5.82 Å². The van der Waals surface area contributed by atoms with Gasteiger partial charge in [0.25, 0.3) is 5.91 Å². The van der Waals surface area contributed by atoms with Crippen LogP contribution < -0.4 is 10.1 Å². The van der Waals surface area contributed by atoms with Gasteiger partial charge in [-0.05, 0) is 30.3 Å². The second-order valence-electron chi connectivity index (χ2n) is 4.57. The molecule has 106 valence electrons. The van der Waals surface area contributed by atoms with E-state index in [1.807, 2.05) is 12.1 Å². The van der Waals surface area contributed by atoms with E-state index in [0.717, 1.165) is 10.9 Å². The number of fused-ring (bicyclic) bond motifs is 1. The lowest BCUT2D eigenvalue weighted by Crippen LogP contribution is -2.13. The maximum absolute atomic E-state index is 13.5. The molecule has 1 heterocycles. The fourth-order valence-electron chi connectivity index (χ4n) is 2.11. The Kier molecular flexibility index (Phi) is 3.31. The maximum atomic E-state index is 13.5. The lowest BCUT2D eigenvalue weighted by molar-refractivity contribution is 0.102. The second-order valence-corrected chi connectivity index (χ2v) is 4.57. The summed E-state index contributed by atoms with van der Waals surface area (Å²) in [6.45, 7) is 0. The Morgan fingerprint density at radius 3 is 2.76 bits per heavy atom. The fraction of sp³-hybridized carbons (Fsp3) is 0.0625. The van der Waals surface area contributed by atoms with Gasteiger partial charge in [-0.25, -0.2) is 4.39 Å². The van der Waals surface area contributed by atoms with Crippen molar-refractivity contribution >= 4 is 22.5 Å². The standard InChI is InChI=1S/C16H13FN2O2/c1-21-11-7-6-10-8-15(18-14(10)9-11)16(20)19-13-5-3-2-4-12(13)17/h2-9,18H,1H3,(H,19,20). The number of halogens is 1. The number of carbonyl (C=O) groups is 1. The Morgan fingerprint density at radius 1 is 1.19 bits per heavy atom. The molecule has 5 heteroatoms. The minimum Gasteiger partial charge on any atom is -0.497 e. The molecular formula is C16H13FN2O2. The van der Waals surface area contributed by atoms with Crippen molar-refractivity contribution in [3.8, 4) is 5.75 Å². The summed E-state index contributed by atoms with van der Waals surface area (Å²) in [5.41, 5.74) is 1.30. The molecule has 0 bridgehead atoms. The van der Waals surface area contributed by atoms with Crippen LogP contribution in [0.15, 0.2) is 48.5 Å². The largest absolute Gasteiger partial charge is 0.497 e. The molecule has 0 fully saturated rings. The molecular weight excluding hydrogens is 271 g/mol. The Labute approximate surface area is 120 Å². The van der Waals surface area contributed by atoms with Crippen LogP contribution in [0.25, 0.3) is 10.9 Å². The lowest BCUT2D eigenvalue weighted by Gasteiger charge is -2.04.